The Kier molecular flexibility index (Phi) is 6.33. The molecule has 1 aromatic heterocycles. The van der Waals surface area contributed by atoms with Crippen LogP contribution in [0.25, 0.3) is 17.0 Å². The van der Waals surface area contributed by atoms with Gasteiger partial charge in [0, 0.05) is 30.2 Å². The number of rotatable bonds is 6. The number of aromatic nitrogens is 1. The van der Waals surface area contributed by atoms with Crippen molar-refractivity contribution in [1.29, 1.82) is 0 Å². The summed E-state index contributed by atoms with van der Waals surface area (Å²) in [5, 5.41) is 0.389. The van der Waals surface area contributed by atoms with Crippen LogP contribution < -0.4 is 5.73 Å². The molecule has 4 amide bonds. The summed E-state index contributed by atoms with van der Waals surface area (Å²) < 4.78 is 7.01. The molecule has 0 spiro atoms. The van der Waals surface area contributed by atoms with Crippen molar-refractivity contribution >= 4 is 51.7 Å². The number of hydrogen-bond donors (Lipinski definition) is 1. The Hall–Kier alpha value is -3.11. The fourth-order valence-electron chi connectivity index (χ4n) is 3.98. The first kappa shape index (κ1) is 22.1. The van der Waals surface area contributed by atoms with Gasteiger partial charge in [-0.2, -0.15) is 0 Å². The Morgan fingerprint density at radius 2 is 1.94 bits per heavy atom. The van der Waals surface area contributed by atoms with Crippen molar-refractivity contribution in [3.8, 4) is 0 Å². The van der Waals surface area contributed by atoms with Crippen LogP contribution in [0.3, 0.4) is 0 Å². The number of carbonyl (C=O) groups excluding carboxylic acids is 4. The number of aryl methyl sites for hydroxylation is 1. The lowest BCUT2D eigenvalue weighted by atomic mass is 10.1. The van der Waals surface area contributed by atoms with Gasteiger partial charge in [0.15, 0.2) is 0 Å². The number of para-hydroxylation sites is 1. The molecule has 0 aliphatic carbocycles. The van der Waals surface area contributed by atoms with Crippen molar-refractivity contribution in [1.82, 2.24) is 14.4 Å². The monoisotopic (exact) mass is 456 g/mol. The Labute approximate surface area is 189 Å². The first-order valence-electron chi connectivity index (χ1n) is 10.4. The fourth-order valence-corrected chi connectivity index (χ4v) is 4.81. The minimum atomic E-state index is -0.496. The number of benzene rings is 1. The number of carbonyl (C=O) groups is 4. The van der Waals surface area contributed by atoms with Gasteiger partial charge in [-0.1, -0.05) is 25.1 Å². The number of fused-ring (bicyclic) bond motifs is 1. The third-order valence-corrected chi connectivity index (χ3v) is 6.44. The molecule has 0 atom stereocenters. The molecule has 0 bridgehead atoms. The van der Waals surface area contributed by atoms with Crippen LogP contribution in [0.4, 0.5) is 4.79 Å². The lowest BCUT2D eigenvalue weighted by Gasteiger charge is -2.28. The highest BCUT2D eigenvalue weighted by Gasteiger charge is 2.37. The summed E-state index contributed by atoms with van der Waals surface area (Å²) >= 11 is 0.809. The summed E-state index contributed by atoms with van der Waals surface area (Å²) in [5.41, 5.74) is 8.05. The van der Waals surface area contributed by atoms with Gasteiger partial charge in [-0.3, -0.25) is 24.1 Å². The lowest BCUT2D eigenvalue weighted by Crippen LogP contribution is -2.46. The molecule has 2 N–H and O–H groups in total. The Balaban J connectivity index is 1.62. The molecule has 10 heteroatoms. The summed E-state index contributed by atoms with van der Waals surface area (Å²) in [5.74, 6) is -1.24. The standard InChI is InChI=1S/C22H24N4O5S/c1-2-14-4-3-5-16-15(11-25(20(14)16)12-18(23)27)10-17-21(29)26(22(30)32-17)13-19(28)24-6-8-31-9-7-24/h3-5,10-11H,2,6-9,12-13H2,1H3,(H2,23,27)/b17-10-. The maximum atomic E-state index is 12.9. The molecule has 0 unspecified atom stereocenters. The number of primary amides is 1. The average molecular weight is 457 g/mol. The van der Waals surface area contributed by atoms with Gasteiger partial charge in [0.25, 0.3) is 11.1 Å². The zero-order valence-corrected chi connectivity index (χ0v) is 18.5. The first-order chi connectivity index (χ1) is 15.4. The smallest absolute Gasteiger partial charge is 0.294 e. The van der Waals surface area contributed by atoms with Crippen LogP contribution >= 0.6 is 11.8 Å². The molecule has 168 valence electrons. The first-order valence-corrected chi connectivity index (χ1v) is 11.2. The summed E-state index contributed by atoms with van der Waals surface area (Å²) in [6, 6.07) is 5.80. The molecule has 9 nitrogen and oxygen atoms in total. The summed E-state index contributed by atoms with van der Waals surface area (Å²) in [7, 11) is 0. The Morgan fingerprint density at radius 1 is 1.19 bits per heavy atom. The van der Waals surface area contributed by atoms with Crippen LogP contribution in [-0.4, -0.2) is 70.2 Å². The van der Waals surface area contributed by atoms with E-state index < -0.39 is 17.1 Å². The minimum absolute atomic E-state index is 0.0108. The van der Waals surface area contributed by atoms with Crippen LogP contribution in [0.15, 0.2) is 29.3 Å². The van der Waals surface area contributed by atoms with Crippen molar-refractivity contribution in [2.24, 2.45) is 5.73 Å². The number of ether oxygens (including phenoxy) is 1. The van der Waals surface area contributed by atoms with E-state index in [0.717, 1.165) is 39.5 Å². The van der Waals surface area contributed by atoms with Gasteiger partial charge in [0.2, 0.25) is 11.8 Å². The number of morpholine rings is 1. The van der Waals surface area contributed by atoms with Gasteiger partial charge in [-0.05, 0) is 29.8 Å². The quantitative estimate of drug-likeness (QED) is 0.660. The van der Waals surface area contributed by atoms with E-state index in [9.17, 15) is 19.2 Å². The largest absolute Gasteiger partial charge is 0.378 e. The number of hydrogen-bond acceptors (Lipinski definition) is 6. The third kappa shape index (κ3) is 4.28. The van der Waals surface area contributed by atoms with Crippen molar-refractivity contribution in [3.63, 3.8) is 0 Å². The molecule has 0 radical (unpaired) electrons. The van der Waals surface area contributed by atoms with E-state index in [2.05, 4.69) is 0 Å². The molecule has 0 saturated carbocycles. The second-order valence-corrected chi connectivity index (χ2v) is 8.60. The van der Waals surface area contributed by atoms with E-state index in [1.54, 1.807) is 21.7 Å². The number of thioether (sulfide) groups is 1. The summed E-state index contributed by atoms with van der Waals surface area (Å²) in [4.78, 5) is 52.3. The lowest BCUT2D eigenvalue weighted by molar-refractivity contribution is -0.139. The van der Waals surface area contributed by atoms with Gasteiger partial charge in [0.1, 0.15) is 13.1 Å². The molecule has 2 aliphatic rings. The normalized spacial score (nSPS) is 18.2. The zero-order valence-electron chi connectivity index (χ0n) is 17.7. The molecular formula is C22H24N4O5S. The van der Waals surface area contributed by atoms with E-state index >= 15 is 0 Å². The second-order valence-electron chi connectivity index (χ2n) is 7.61. The van der Waals surface area contributed by atoms with Crippen LogP contribution in [0.1, 0.15) is 18.1 Å². The number of imide groups is 1. The van der Waals surface area contributed by atoms with Crippen molar-refractivity contribution in [2.75, 3.05) is 32.8 Å². The topological polar surface area (TPSA) is 115 Å². The van der Waals surface area contributed by atoms with Gasteiger partial charge in [0.05, 0.1) is 23.6 Å². The van der Waals surface area contributed by atoms with Crippen molar-refractivity contribution in [2.45, 2.75) is 19.9 Å². The zero-order chi connectivity index (χ0) is 22.8. The van der Waals surface area contributed by atoms with E-state index in [4.69, 9.17) is 10.5 Å². The van der Waals surface area contributed by atoms with Gasteiger partial charge >= 0.3 is 0 Å². The Morgan fingerprint density at radius 3 is 2.62 bits per heavy atom. The molecule has 2 aromatic rings. The van der Waals surface area contributed by atoms with E-state index in [1.165, 1.54) is 0 Å². The number of nitrogens with zero attached hydrogens (tertiary/aromatic N) is 3. The fraction of sp³-hybridized carbons (Fsp3) is 0.364. The van der Waals surface area contributed by atoms with Crippen LogP contribution in [0.5, 0.6) is 0 Å². The molecule has 32 heavy (non-hydrogen) atoms. The van der Waals surface area contributed by atoms with Crippen molar-refractivity contribution < 1.29 is 23.9 Å². The number of amides is 4. The highest BCUT2D eigenvalue weighted by Crippen LogP contribution is 2.35. The molecular weight excluding hydrogens is 432 g/mol. The average Bonchev–Trinajstić information content (AvgIpc) is 3.25. The summed E-state index contributed by atoms with van der Waals surface area (Å²) in [6.07, 6.45) is 4.17. The van der Waals surface area contributed by atoms with E-state index in [-0.39, 0.29) is 23.9 Å². The van der Waals surface area contributed by atoms with Gasteiger partial charge in [-0.15, -0.1) is 0 Å². The van der Waals surface area contributed by atoms with E-state index in [1.807, 2.05) is 25.1 Å². The second kappa shape index (κ2) is 9.17. The molecule has 4 rings (SSSR count). The van der Waals surface area contributed by atoms with Crippen LogP contribution in [-0.2, 0) is 32.1 Å². The minimum Gasteiger partial charge on any atom is -0.378 e. The summed E-state index contributed by atoms with van der Waals surface area (Å²) in [6.45, 7) is 3.54. The Bertz CT molecular complexity index is 1130. The highest BCUT2D eigenvalue weighted by molar-refractivity contribution is 8.18. The van der Waals surface area contributed by atoms with Crippen LogP contribution in [0, 0.1) is 0 Å². The maximum Gasteiger partial charge on any atom is 0.294 e. The predicted octanol–water partition coefficient (Wildman–Crippen LogP) is 1.58. The molecule has 3 heterocycles. The van der Waals surface area contributed by atoms with Crippen LogP contribution in [0.2, 0.25) is 0 Å². The molecule has 2 aliphatic heterocycles. The SMILES string of the molecule is CCc1cccc2c(/C=C3\SC(=O)N(CC(=O)N4CCOCC4)C3=O)cn(CC(N)=O)c12. The predicted molar refractivity (Wildman–Crippen MR) is 121 cm³/mol. The number of nitrogens with two attached hydrogens (primary N) is 1. The molecule has 1 aromatic carbocycles. The third-order valence-electron chi connectivity index (χ3n) is 5.54. The maximum absolute atomic E-state index is 12.9. The van der Waals surface area contributed by atoms with Gasteiger partial charge in [-0.25, -0.2) is 0 Å². The van der Waals surface area contributed by atoms with Crippen molar-refractivity contribution in [3.05, 3.63) is 40.4 Å². The van der Waals surface area contributed by atoms with E-state index in [0.29, 0.717) is 31.9 Å². The molecule has 2 saturated heterocycles. The highest BCUT2D eigenvalue weighted by atomic mass is 32.2. The molecule has 2 fully saturated rings. The van der Waals surface area contributed by atoms with Gasteiger partial charge < -0.3 is 19.9 Å².